The molecule has 3 rings (SSSR count). The fourth-order valence-corrected chi connectivity index (χ4v) is 2.99. The van der Waals surface area contributed by atoms with Crippen molar-refractivity contribution in [3.8, 4) is 0 Å². The van der Waals surface area contributed by atoms with Gasteiger partial charge in [0.15, 0.2) is 0 Å². The molecule has 3 aliphatic carbocycles. The summed E-state index contributed by atoms with van der Waals surface area (Å²) in [5.41, 5.74) is 0. The number of rotatable bonds is 2. The lowest BCUT2D eigenvalue weighted by Crippen LogP contribution is -2.48. The first-order valence-corrected chi connectivity index (χ1v) is 5.58. The second-order valence-corrected chi connectivity index (χ2v) is 4.44. The minimum atomic E-state index is -0.443. The van der Waals surface area contributed by atoms with E-state index >= 15 is 0 Å². The van der Waals surface area contributed by atoms with Crippen molar-refractivity contribution >= 4 is 5.97 Å². The average molecular weight is 198 g/mol. The summed E-state index contributed by atoms with van der Waals surface area (Å²) in [6, 6.07) is 0. The van der Waals surface area contributed by atoms with Crippen molar-refractivity contribution < 1.29 is 14.6 Å². The Morgan fingerprint density at radius 3 is 2.36 bits per heavy atom. The molecule has 0 spiro atoms. The number of ether oxygens (including phenoxy) is 1. The SMILES string of the molecule is CCOC(=O)C1[C@H]2CC[C@H](CC2)[C@@H]1O. The monoisotopic (exact) mass is 198 g/mol. The maximum absolute atomic E-state index is 11.6. The molecule has 2 bridgehead atoms. The lowest BCUT2D eigenvalue weighted by molar-refractivity contribution is -0.164. The van der Waals surface area contributed by atoms with Crippen molar-refractivity contribution in [3.63, 3.8) is 0 Å². The van der Waals surface area contributed by atoms with Crippen molar-refractivity contribution in [2.45, 2.75) is 38.7 Å². The number of hydrogen-bond acceptors (Lipinski definition) is 3. The van der Waals surface area contributed by atoms with Gasteiger partial charge < -0.3 is 9.84 Å². The summed E-state index contributed by atoms with van der Waals surface area (Å²) in [4.78, 5) is 11.6. The van der Waals surface area contributed by atoms with E-state index in [1.165, 1.54) is 0 Å². The molecule has 1 N–H and O–H groups in total. The van der Waals surface area contributed by atoms with Gasteiger partial charge in [-0.3, -0.25) is 4.79 Å². The standard InChI is InChI=1S/C11H18O3/c1-2-14-11(13)9-7-3-5-8(6-4-7)10(9)12/h7-10,12H,2-6H2,1H3/t7-,8+,9?,10-/m0/s1. The number of esters is 1. The van der Waals surface area contributed by atoms with Gasteiger partial charge in [-0.2, -0.15) is 0 Å². The maximum Gasteiger partial charge on any atom is 0.311 e. The molecule has 0 amide bonds. The lowest BCUT2D eigenvalue weighted by atomic mass is 9.63. The number of fused-ring (bicyclic) bond motifs is 3. The highest BCUT2D eigenvalue weighted by atomic mass is 16.5. The molecule has 0 saturated heterocycles. The average Bonchev–Trinajstić information content (AvgIpc) is 2.19. The largest absolute Gasteiger partial charge is 0.466 e. The van der Waals surface area contributed by atoms with Crippen LogP contribution in [0.3, 0.4) is 0 Å². The van der Waals surface area contributed by atoms with E-state index in [9.17, 15) is 9.90 Å². The Labute approximate surface area is 84.4 Å². The smallest absolute Gasteiger partial charge is 0.311 e. The highest BCUT2D eigenvalue weighted by molar-refractivity contribution is 5.73. The van der Waals surface area contributed by atoms with Crippen molar-refractivity contribution in [2.75, 3.05) is 6.61 Å². The van der Waals surface area contributed by atoms with Crippen molar-refractivity contribution in [1.29, 1.82) is 0 Å². The predicted molar refractivity (Wildman–Crippen MR) is 51.6 cm³/mol. The van der Waals surface area contributed by atoms with Crippen LogP contribution in [-0.4, -0.2) is 23.8 Å². The summed E-state index contributed by atoms with van der Waals surface area (Å²) < 4.78 is 5.01. The summed E-state index contributed by atoms with van der Waals surface area (Å²) in [6.07, 6.45) is 3.90. The van der Waals surface area contributed by atoms with E-state index in [-0.39, 0.29) is 11.9 Å². The number of aliphatic hydroxyl groups excluding tert-OH is 1. The highest BCUT2D eigenvalue weighted by Gasteiger charge is 2.46. The van der Waals surface area contributed by atoms with Gasteiger partial charge in [0.1, 0.15) is 0 Å². The third-order valence-corrected chi connectivity index (χ3v) is 3.73. The van der Waals surface area contributed by atoms with E-state index in [4.69, 9.17) is 4.74 Å². The van der Waals surface area contributed by atoms with Crippen LogP contribution in [-0.2, 0) is 9.53 Å². The number of aliphatic hydroxyl groups is 1. The molecule has 2 atom stereocenters. The van der Waals surface area contributed by atoms with E-state index in [2.05, 4.69) is 0 Å². The molecule has 3 heteroatoms. The first kappa shape index (κ1) is 9.97. The molecule has 80 valence electrons. The second-order valence-electron chi connectivity index (χ2n) is 4.44. The van der Waals surface area contributed by atoms with E-state index in [1.807, 2.05) is 6.92 Å². The van der Waals surface area contributed by atoms with Crippen LogP contribution in [0.4, 0.5) is 0 Å². The summed E-state index contributed by atoms with van der Waals surface area (Å²) in [7, 11) is 0. The zero-order chi connectivity index (χ0) is 10.1. The molecule has 0 radical (unpaired) electrons. The maximum atomic E-state index is 11.6. The predicted octanol–water partition coefficient (Wildman–Crippen LogP) is 1.35. The molecular formula is C11H18O3. The Morgan fingerprint density at radius 1 is 1.29 bits per heavy atom. The summed E-state index contributed by atoms with van der Waals surface area (Å²) in [6.45, 7) is 2.23. The van der Waals surface area contributed by atoms with Crippen molar-refractivity contribution in [3.05, 3.63) is 0 Å². The van der Waals surface area contributed by atoms with E-state index in [1.54, 1.807) is 0 Å². The van der Waals surface area contributed by atoms with Gasteiger partial charge in [-0.05, 0) is 44.4 Å². The summed E-state index contributed by atoms with van der Waals surface area (Å²) in [5.74, 6) is 0.292. The lowest BCUT2D eigenvalue weighted by Gasteiger charge is -2.44. The van der Waals surface area contributed by atoms with Gasteiger partial charge in [0.05, 0.1) is 18.6 Å². The van der Waals surface area contributed by atoms with Gasteiger partial charge in [0.2, 0.25) is 0 Å². The van der Waals surface area contributed by atoms with Gasteiger partial charge in [0.25, 0.3) is 0 Å². The quantitative estimate of drug-likeness (QED) is 0.681. The van der Waals surface area contributed by atoms with Crippen LogP contribution < -0.4 is 0 Å². The summed E-state index contributed by atoms with van der Waals surface area (Å²) >= 11 is 0. The Bertz CT molecular complexity index is 217. The fraction of sp³-hybridized carbons (Fsp3) is 0.909. The van der Waals surface area contributed by atoms with Gasteiger partial charge in [0, 0.05) is 0 Å². The molecule has 0 aliphatic heterocycles. The first-order chi connectivity index (χ1) is 6.74. The van der Waals surface area contributed by atoms with Crippen LogP contribution in [0.1, 0.15) is 32.6 Å². The molecule has 14 heavy (non-hydrogen) atoms. The molecule has 3 fully saturated rings. The molecule has 0 heterocycles. The number of carbonyl (C=O) groups is 1. The third kappa shape index (κ3) is 1.54. The first-order valence-electron chi connectivity index (χ1n) is 5.58. The fourth-order valence-electron chi connectivity index (χ4n) is 2.99. The minimum Gasteiger partial charge on any atom is -0.466 e. The van der Waals surface area contributed by atoms with Crippen LogP contribution in [0, 0.1) is 17.8 Å². The van der Waals surface area contributed by atoms with E-state index in [0.29, 0.717) is 18.4 Å². The number of hydrogen-bond donors (Lipinski definition) is 1. The van der Waals surface area contributed by atoms with Gasteiger partial charge >= 0.3 is 5.97 Å². The zero-order valence-electron chi connectivity index (χ0n) is 8.61. The Morgan fingerprint density at radius 2 is 1.86 bits per heavy atom. The van der Waals surface area contributed by atoms with Crippen LogP contribution in [0.5, 0.6) is 0 Å². The number of carbonyl (C=O) groups excluding carboxylic acids is 1. The molecule has 3 saturated carbocycles. The Hall–Kier alpha value is -0.570. The van der Waals surface area contributed by atoms with E-state index < -0.39 is 6.10 Å². The normalized spacial score (nSPS) is 41.0. The Balaban J connectivity index is 2.06. The van der Waals surface area contributed by atoms with Crippen LogP contribution in [0.25, 0.3) is 0 Å². The van der Waals surface area contributed by atoms with Crippen LogP contribution in [0.15, 0.2) is 0 Å². The molecule has 3 nitrogen and oxygen atoms in total. The van der Waals surface area contributed by atoms with E-state index in [0.717, 1.165) is 25.7 Å². The third-order valence-electron chi connectivity index (χ3n) is 3.73. The zero-order valence-corrected chi connectivity index (χ0v) is 8.61. The van der Waals surface area contributed by atoms with Crippen LogP contribution >= 0.6 is 0 Å². The topological polar surface area (TPSA) is 46.5 Å². The molecule has 0 aromatic heterocycles. The molecule has 0 aromatic carbocycles. The molecule has 3 aliphatic rings. The molecule has 0 aromatic rings. The molecule has 1 unspecified atom stereocenters. The molecular weight excluding hydrogens is 180 g/mol. The highest BCUT2D eigenvalue weighted by Crippen LogP contribution is 2.45. The van der Waals surface area contributed by atoms with Crippen molar-refractivity contribution in [1.82, 2.24) is 0 Å². The second kappa shape index (κ2) is 3.89. The van der Waals surface area contributed by atoms with Gasteiger partial charge in [-0.1, -0.05) is 0 Å². The Kier molecular flexibility index (Phi) is 2.77. The van der Waals surface area contributed by atoms with Gasteiger partial charge in [-0.25, -0.2) is 0 Å². The van der Waals surface area contributed by atoms with Crippen molar-refractivity contribution in [2.24, 2.45) is 17.8 Å². The van der Waals surface area contributed by atoms with Crippen LogP contribution in [0.2, 0.25) is 0 Å². The summed E-state index contributed by atoms with van der Waals surface area (Å²) in [5, 5.41) is 9.96. The van der Waals surface area contributed by atoms with Gasteiger partial charge in [-0.15, -0.1) is 0 Å². The minimum absolute atomic E-state index is 0.186.